The first-order chi connectivity index (χ1) is 15.2. The van der Waals surface area contributed by atoms with Gasteiger partial charge in [0, 0.05) is 35.7 Å². The lowest BCUT2D eigenvalue weighted by molar-refractivity contribution is -0.265. The number of thiophene rings is 1. The summed E-state index contributed by atoms with van der Waals surface area (Å²) in [5, 5.41) is 5.78. The van der Waals surface area contributed by atoms with Crippen molar-refractivity contribution < 1.29 is 14.2 Å². The molecule has 3 aliphatic rings. The molecule has 5 rings (SSSR count). The summed E-state index contributed by atoms with van der Waals surface area (Å²) in [4.78, 5) is 6.13. The van der Waals surface area contributed by atoms with Crippen LogP contribution in [0.3, 0.4) is 0 Å². The predicted octanol–water partition coefficient (Wildman–Crippen LogP) is 5.06. The molecule has 3 heterocycles. The molecule has 168 valence electrons. The molecule has 2 saturated carbocycles. The molecule has 0 radical (unpaired) electrons. The SMILES string of the molecule is COc1ccsc1CNCCC1(c2ccccn2)CCC2(OCCO2)C2(CCCC2)C1. The second-order valence-corrected chi connectivity index (χ2v) is 10.4. The van der Waals surface area contributed by atoms with E-state index < -0.39 is 0 Å². The standard InChI is InChI=1S/C25H34N2O3S/c1-28-20-7-17-31-21(20)18-26-14-12-23(22-6-2-5-13-27-22)10-11-25(29-15-16-30-25)24(19-23)8-3-4-9-24/h2,5-7,13,17,26H,3-4,8-12,14-16,18-19H2,1H3. The minimum absolute atomic E-state index is 0.0682. The Labute approximate surface area is 189 Å². The maximum Gasteiger partial charge on any atom is 0.174 e. The van der Waals surface area contributed by atoms with Crippen LogP contribution < -0.4 is 10.1 Å². The Morgan fingerprint density at radius 2 is 1.94 bits per heavy atom. The molecule has 6 heteroatoms. The van der Waals surface area contributed by atoms with Crippen LogP contribution >= 0.6 is 11.3 Å². The Hall–Kier alpha value is -1.47. The summed E-state index contributed by atoms with van der Waals surface area (Å²) in [6.07, 6.45) is 11.2. The number of fused-ring (bicyclic) bond motifs is 1. The van der Waals surface area contributed by atoms with Gasteiger partial charge < -0.3 is 19.5 Å². The molecule has 2 aliphatic carbocycles. The van der Waals surface area contributed by atoms with Crippen LogP contribution in [-0.2, 0) is 21.4 Å². The summed E-state index contributed by atoms with van der Waals surface area (Å²) in [7, 11) is 1.74. The fraction of sp³-hybridized carbons (Fsp3) is 0.640. The van der Waals surface area contributed by atoms with Crippen LogP contribution in [0.2, 0.25) is 0 Å². The number of pyridine rings is 1. The number of ether oxygens (including phenoxy) is 3. The monoisotopic (exact) mass is 442 g/mol. The van der Waals surface area contributed by atoms with E-state index in [9.17, 15) is 0 Å². The van der Waals surface area contributed by atoms with Crippen molar-refractivity contribution in [2.75, 3.05) is 26.9 Å². The molecule has 1 saturated heterocycles. The molecule has 5 nitrogen and oxygen atoms in total. The quantitative estimate of drug-likeness (QED) is 0.608. The highest BCUT2D eigenvalue weighted by Crippen LogP contribution is 2.63. The lowest BCUT2D eigenvalue weighted by Crippen LogP contribution is -2.56. The van der Waals surface area contributed by atoms with E-state index in [-0.39, 0.29) is 16.6 Å². The molecular weight excluding hydrogens is 408 g/mol. The highest BCUT2D eigenvalue weighted by Gasteiger charge is 2.62. The van der Waals surface area contributed by atoms with Crippen LogP contribution in [0.15, 0.2) is 35.8 Å². The van der Waals surface area contributed by atoms with E-state index in [0.29, 0.717) is 0 Å². The second kappa shape index (κ2) is 8.81. The van der Waals surface area contributed by atoms with Gasteiger partial charge in [0.15, 0.2) is 5.79 Å². The van der Waals surface area contributed by atoms with Gasteiger partial charge in [-0.3, -0.25) is 4.98 Å². The third-order valence-electron chi connectivity index (χ3n) is 7.93. The number of aromatic nitrogens is 1. The van der Waals surface area contributed by atoms with Crippen molar-refractivity contribution in [2.24, 2.45) is 5.41 Å². The van der Waals surface area contributed by atoms with Crippen molar-refractivity contribution in [3.8, 4) is 5.75 Å². The zero-order chi connectivity index (χ0) is 21.2. The van der Waals surface area contributed by atoms with E-state index in [1.54, 1.807) is 18.4 Å². The van der Waals surface area contributed by atoms with Crippen LogP contribution in [0.4, 0.5) is 0 Å². The topological polar surface area (TPSA) is 52.6 Å². The molecule has 0 aromatic carbocycles. The lowest BCUT2D eigenvalue weighted by Gasteiger charge is -2.55. The summed E-state index contributed by atoms with van der Waals surface area (Å²) in [6, 6.07) is 8.45. The summed E-state index contributed by atoms with van der Waals surface area (Å²) in [5.41, 5.74) is 1.43. The minimum atomic E-state index is -0.362. The minimum Gasteiger partial charge on any atom is -0.496 e. The van der Waals surface area contributed by atoms with Gasteiger partial charge in [-0.2, -0.15) is 0 Å². The van der Waals surface area contributed by atoms with Gasteiger partial charge in [0.2, 0.25) is 0 Å². The Balaban J connectivity index is 1.36. The normalized spacial score (nSPS) is 26.6. The lowest BCUT2D eigenvalue weighted by atomic mass is 9.56. The maximum absolute atomic E-state index is 6.38. The molecule has 1 atom stereocenters. The Morgan fingerprint density at radius 1 is 1.10 bits per heavy atom. The van der Waals surface area contributed by atoms with Gasteiger partial charge in [0.05, 0.1) is 25.2 Å². The van der Waals surface area contributed by atoms with E-state index in [1.165, 1.54) is 36.3 Å². The van der Waals surface area contributed by atoms with E-state index in [4.69, 9.17) is 19.2 Å². The first kappa shape index (κ1) is 21.4. The zero-order valence-corrected chi connectivity index (χ0v) is 19.3. The molecule has 31 heavy (non-hydrogen) atoms. The highest BCUT2D eigenvalue weighted by molar-refractivity contribution is 7.10. The molecule has 2 spiro atoms. The van der Waals surface area contributed by atoms with Crippen LogP contribution in [0.5, 0.6) is 5.75 Å². The molecule has 3 fully saturated rings. The summed E-state index contributed by atoms with van der Waals surface area (Å²) < 4.78 is 18.2. The van der Waals surface area contributed by atoms with Crippen molar-refractivity contribution in [2.45, 2.75) is 69.1 Å². The van der Waals surface area contributed by atoms with Gasteiger partial charge in [-0.25, -0.2) is 0 Å². The molecule has 2 aromatic heterocycles. The van der Waals surface area contributed by atoms with Crippen LogP contribution in [0, 0.1) is 5.41 Å². The summed E-state index contributed by atoms with van der Waals surface area (Å²) >= 11 is 1.75. The average molecular weight is 443 g/mol. The van der Waals surface area contributed by atoms with Gasteiger partial charge in [0.25, 0.3) is 0 Å². The zero-order valence-electron chi connectivity index (χ0n) is 18.5. The van der Waals surface area contributed by atoms with Crippen LogP contribution in [0.25, 0.3) is 0 Å². The Kier molecular flexibility index (Phi) is 6.08. The molecule has 1 unspecified atom stereocenters. The first-order valence-electron chi connectivity index (χ1n) is 11.7. The number of rotatable bonds is 7. The van der Waals surface area contributed by atoms with Crippen molar-refractivity contribution in [3.63, 3.8) is 0 Å². The van der Waals surface area contributed by atoms with E-state index in [2.05, 4.69) is 22.8 Å². The first-order valence-corrected chi connectivity index (χ1v) is 12.6. The van der Waals surface area contributed by atoms with Crippen molar-refractivity contribution in [1.82, 2.24) is 10.3 Å². The third-order valence-corrected chi connectivity index (χ3v) is 8.83. The smallest absolute Gasteiger partial charge is 0.174 e. The van der Waals surface area contributed by atoms with Gasteiger partial charge in [0.1, 0.15) is 5.75 Å². The molecule has 1 aliphatic heterocycles. The van der Waals surface area contributed by atoms with Crippen molar-refractivity contribution >= 4 is 11.3 Å². The molecule has 0 bridgehead atoms. The third kappa shape index (κ3) is 3.82. The van der Waals surface area contributed by atoms with Crippen molar-refractivity contribution in [1.29, 1.82) is 0 Å². The van der Waals surface area contributed by atoms with E-state index in [0.717, 1.165) is 57.7 Å². The van der Waals surface area contributed by atoms with Crippen LogP contribution in [-0.4, -0.2) is 37.6 Å². The summed E-state index contributed by atoms with van der Waals surface area (Å²) in [6.45, 7) is 3.29. The fourth-order valence-electron chi connectivity index (χ4n) is 6.46. The number of hydrogen-bond acceptors (Lipinski definition) is 6. The number of nitrogens with zero attached hydrogens (tertiary/aromatic N) is 1. The fourth-order valence-corrected chi connectivity index (χ4v) is 7.27. The van der Waals surface area contributed by atoms with E-state index >= 15 is 0 Å². The van der Waals surface area contributed by atoms with Gasteiger partial charge in [-0.1, -0.05) is 18.9 Å². The maximum atomic E-state index is 6.38. The highest BCUT2D eigenvalue weighted by atomic mass is 32.1. The largest absolute Gasteiger partial charge is 0.496 e. The van der Waals surface area contributed by atoms with E-state index in [1.807, 2.05) is 18.3 Å². The van der Waals surface area contributed by atoms with Crippen LogP contribution in [0.1, 0.15) is 61.9 Å². The molecular formula is C25H34N2O3S. The Morgan fingerprint density at radius 3 is 2.68 bits per heavy atom. The molecule has 1 N–H and O–H groups in total. The van der Waals surface area contributed by atoms with Gasteiger partial charge in [-0.15, -0.1) is 11.3 Å². The number of methoxy groups -OCH3 is 1. The molecule has 2 aromatic rings. The molecule has 0 amide bonds. The van der Waals surface area contributed by atoms with Crippen molar-refractivity contribution in [3.05, 3.63) is 46.4 Å². The summed E-state index contributed by atoms with van der Waals surface area (Å²) in [5.74, 6) is 0.622. The number of hydrogen-bond donors (Lipinski definition) is 1. The van der Waals surface area contributed by atoms with Gasteiger partial charge >= 0.3 is 0 Å². The number of nitrogens with one attached hydrogen (secondary N) is 1. The second-order valence-electron chi connectivity index (χ2n) is 9.45. The Bertz CT molecular complexity index is 859. The predicted molar refractivity (Wildman–Crippen MR) is 122 cm³/mol. The van der Waals surface area contributed by atoms with Gasteiger partial charge in [-0.05, 0) is 62.2 Å². The average Bonchev–Trinajstić information content (AvgIpc) is 3.57.